The maximum atomic E-state index is 12.1. The molecule has 5 heteroatoms. The molecule has 1 atom stereocenters. The van der Waals surface area contributed by atoms with Crippen LogP contribution in [0, 0.1) is 0 Å². The number of ether oxygens (including phenoxy) is 1. The molecule has 1 aromatic heterocycles. The molecule has 2 aromatic rings. The zero-order chi connectivity index (χ0) is 14.5. The molecule has 1 aromatic carbocycles. The SMILES string of the molecule is CCNC(C(=O)OCC)c1ccc(Cl)c2cccnc12. The number of fused-ring (bicyclic) bond motifs is 1. The molecule has 0 amide bonds. The Morgan fingerprint density at radius 3 is 2.90 bits per heavy atom. The van der Waals surface area contributed by atoms with Gasteiger partial charge >= 0.3 is 5.97 Å². The molecule has 0 spiro atoms. The standard InChI is InChI=1S/C15H17ClN2O2/c1-3-17-14(15(19)20-4-2)11-7-8-12(16)10-6-5-9-18-13(10)11/h5-9,14,17H,3-4H2,1-2H3. The van der Waals surface area contributed by atoms with Gasteiger partial charge in [-0.15, -0.1) is 0 Å². The average Bonchev–Trinajstić information content (AvgIpc) is 2.46. The van der Waals surface area contributed by atoms with Crippen LogP contribution in [0.2, 0.25) is 5.02 Å². The van der Waals surface area contributed by atoms with E-state index >= 15 is 0 Å². The van der Waals surface area contributed by atoms with Crippen molar-refractivity contribution in [2.45, 2.75) is 19.9 Å². The lowest BCUT2D eigenvalue weighted by molar-refractivity contribution is -0.145. The molecule has 1 N–H and O–H groups in total. The molecule has 0 saturated carbocycles. The average molecular weight is 293 g/mol. The second-order valence-corrected chi connectivity index (χ2v) is 4.69. The molecule has 2 rings (SSSR count). The van der Waals surface area contributed by atoms with Crippen molar-refractivity contribution in [2.24, 2.45) is 0 Å². The van der Waals surface area contributed by atoms with Gasteiger partial charge in [-0.2, -0.15) is 0 Å². The van der Waals surface area contributed by atoms with E-state index in [4.69, 9.17) is 16.3 Å². The molecular formula is C15H17ClN2O2. The van der Waals surface area contributed by atoms with Gasteiger partial charge in [0.05, 0.1) is 12.1 Å². The molecule has 1 heterocycles. The number of aromatic nitrogens is 1. The van der Waals surface area contributed by atoms with Gasteiger partial charge < -0.3 is 10.1 Å². The van der Waals surface area contributed by atoms with Crippen molar-refractivity contribution >= 4 is 28.5 Å². The first-order chi connectivity index (χ1) is 9.69. The highest BCUT2D eigenvalue weighted by atomic mass is 35.5. The quantitative estimate of drug-likeness (QED) is 0.860. The largest absolute Gasteiger partial charge is 0.465 e. The van der Waals surface area contributed by atoms with E-state index < -0.39 is 6.04 Å². The number of hydrogen-bond donors (Lipinski definition) is 1. The summed E-state index contributed by atoms with van der Waals surface area (Å²) in [7, 11) is 0. The normalized spacial score (nSPS) is 12.3. The number of benzene rings is 1. The van der Waals surface area contributed by atoms with Crippen LogP contribution in [0.5, 0.6) is 0 Å². The number of esters is 1. The van der Waals surface area contributed by atoms with Crippen LogP contribution in [-0.2, 0) is 9.53 Å². The van der Waals surface area contributed by atoms with Gasteiger partial charge in [0, 0.05) is 22.2 Å². The summed E-state index contributed by atoms with van der Waals surface area (Å²) in [5, 5.41) is 4.59. The maximum Gasteiger partial charge on any atom is 0.327 e. The molecule has 20 heavy (non-hydrogen) atoms. The number of rotatable bonds is 5. The number of nitrogens with zero attached hydrogens (tertiary/aromatic N) is 1. The van der Waals surface area contributed by atoms with Gasteiger partial charge in [0.25, 0.3) is 0 Å². The molecule has 0 radical (unpaired) electrons. The fourth-order valence-electron chi connectivity index (χ4n) is 2.14. The molecule has 0 saturated heterocycles. The first-order valence-corrected chi connectivity index (χ1v) is 7.00. The molecule has 106 valence electrons. The molecule has 0 bridgehead atoms. The van der Waals surface area contributed by atoms with Gasteiger partial charge in [-0.05, 0) is 31.7 Å². The molecule has 0 aliphatic heterocycles. The first kappa shape index (κ1) is 14.8. The van der Waals surface area contributed by atoms with Crippen molar-refractivity contribution in [2.75, 3.05) is 13.2 Å². The third-order valence-corrected chi connectivity index (χ3v) is 3.32. The highest BCUT2D eigenvalue weighted by molar-refractivity contribution is 6.35. The molecule has 0 fully saturated rings. The number of nitrogens with one attached hydrogen (secondary N) is 1. The molecule has 0 aliphatic carbocycles. The summed E-state index contributed by atoms with van der Waals surface area (Å²) in [5.74, 6) is -0.302. The van der Waals surface area contributed by atoms with Gasteiger partial charge in [-0.3, -0.25) is 4.98 Å². The van der Waals surface area contributed by atoms with Crippen molar-refractivity contribution in [3.05, 3.63) is 41.0 Å². The number of pyridine rings is 1. The first-order valence-electron chi connectivity index (χ1n) is 6.62. The van der Waals surface area contributed by atoms with E-state index in [-0.39, 0.29) is 5.97 Å². The van der Waals surface area contributed by atoms with Gasteiger partial charge in [0.1, 0.15) is 6.04 Å². The zero-order valence-electron chi connectivity index (χ0n) is 11.5. The molecule has 4 nitrogen and oxygen atoms in total. The van der Waals surface area contributed by atoms with Crippen LogP contribution in [0.15, 0.2) is 30.5 Å². The van der Waals surface area contributed by atoms with Gasteiger partial charge in [0.2, 0.25) is 0 Å². The lowest BCUT2D eigenvalue weighted by atomic mass is 10.0. The molecular weight excluding hydrogens is 276 g/mol. The maximum absolute atomic E-state index is 12.1. The number of carbonyl (C=O) groups excluding carboxylic acids is 1. The Hall–Kier alpha value is -1.65. The van der Waals surface area contributed by atoms with Crippen LogP contribution in [0.1, 0.15) is 25.5 Å². The van der Waals surface area contributed by atoms with Crippen molar-refractivity contribution in [1.82, 2.24) is 10.3 Å². The summed E-state index contributed by atoms with van der Waals surface area (Å²) >= 11 is 6.17. The Morgan fingerprint density at radius 2 is 2.20 bits per heavy atom. The lowest BCUT2D eigenvalue weighted by Crippen LogP contribution is -2.30. The summed E-state index contributed by atoms with van der Waals surface area (Å²) in [5.41, 5.74) is 1.50. The smallest absolute Gasteiger partial charge is 0.327 e. The third-order valence-electron chi connectivity index (χ3n) is 2.99. The Bertz CT molecular complexity index is 616. The Kier molecular flexibility index (Phi) is 4.93. The minimum atomic E-state index is -0.533. The van der Waals surface area contributed by atoms with Crippen LogP contribution < -0.4 is 5.32 Å². The second-order valence-electron chi connectivity index (χ2n) is 4.28. The number of hydrogen-bond acceptors (Lipinski definition) is 4. The van der Waals surface area contributed by atoms with E-state index in [1.807, 2.05) is 25.1 Å². The van der Waals surface area contributed by atoms with E-state index in [9.17, 15) is 4.79 Å². The fourth-order valence-corrected chi connectivity index (χ4v) is 2.36. The number of carbonyl (C=O) groups is 1. The summed E-state index contributed by atoms with van der Waals surface area (Å²) in [4.78, 5) is 16.5. The van der Waals surface area contributed by atoms with Crippen LogP contribution in [-0.4, -0.2) is 24.1 Å². The van der Waals surface area contributed by atoms with E-state index in [0.29, 0.717) is 18.2 Å². The van der Waals surface area contributed by atoms with Crippen molar-refractivity contribution < 1.29 is 9.53 Å². The highest BCUT2D eigenvalue weighted by Gasteiger charge is 2.23. The predicted octanol–water partition coefficient (Wildman–Crippen LogP) is 3.10. The minimum absolute atomic E-state index is 0.302. The van der Waals surface area contributed by atoms with Gasteiger partial charge in [-0.25, -0.2) is 4.79 Å². The van der Waals surface area contributed by atoms with Crippen LogP contribution >= 0.6 is 11.6 Å². The number of halogens is 1. The van der Waals surface area contributed by atoms with Crippen molar-refractivity contribution in [1.29, 1.82) is 0 Å². The van der Waals surface area contributed by atoms with Crippen LogP contribution in [0.4, 0.5) is 0 Å². The van der Waals surface area contributed by atoms with Crippen molar-refractivity contribution in [3.63, 3.8) is 0 Å². The van der Waals surface area contributed by atoms with E-state index in [1.165, 1.54) is 0 Å². The zero-order valence-corrected chi connectivity index (χ0v) is 12.3. The fraction of sp³-hybridized carbons (Fsp3) is 0.333. The monoisotopic (exact) mass is 292 g/mol. The van der Waals surface area contributed by atoms with Crippen LogP contribution in [0.3, 0.4) is 0 Å². The lowest BCUT2D eigenvalue weighted by Gasteiger charge is -2.18. The summed E-state index contributed by atoms with van der Waals surface area (Å²) in [6.07, 6.45) is 1.69. The Labute approximate surface area is 123 Å². The van der Waals surface area contributed by atoms with E-state index in [2.05, 4.69) is 10.3 Å². The van der Waals surface area contributed by atoms with E-state index in [0.717, 1.165) is 16.5 Å². The summed E-state index contributed by atoms with van der Waals surface area (Å²) in [6, 6.07) is 6.79. The highest BCUT2D eigenvalue weighted by Crippen LogP contribution is 2.29. The van der Waals surface area contributed by atoms with Gasteiger partial charge in [-0.1, -0.05) is 24.6 Å². The van der Waals surface area contributed by atoms with Crippen LogP contribution in [0.25, 0.3) is 10.9 Å². The van der Waals surface area contributed by atoms with Crippen molar-refractivity contribution in [3.8, 4) is 0 Å². The Morgan fingerprint density at radius 1 is 1.40 bits per heavy atom. The number of likely N-dealkylation sites (N-methyl/N-ethyl adjacent to an activating group) is 1. The Balaban J connectivity index is 2.53. The second kappa shape index (κ2) is 6.68. The van der Waals surface area contributed by atoms with Gasteiger partial charge in [0.15, 0.2) is 0 Å². The summed E-state index contributed by atoms with van der Waals surface area (Å²) < 4.78 is 5.13. The predicted molar refractivity (Wildman–Crippen MR) is 79.8 cm³/mol. The minimum Gasteiger partial charge on any atom is -0.465 e. The van der Waals surface area contributed by atoms with E-state index in [1.54, 1.807) is 19.2 Å². The topological polar surface area (TPSA) is 51.2 Å². The molecule has 1 unspecified atom stereocenters. The molecule has 0 aliphatic rings. The third kappa shape index (κ3) is 2.92. The summed E-state index contributed by atoms with van der Waals surface area (Å²) in [6.45, 7) is 4.73.